The Kier molecular flexibility index (Phi) is 3.21. The van der Waals surface area contributed by atoms with Gasteiger partial charge in [-0.25, -0.2) is 0 Å². The summed E-state index contributed by atoms with van der Waals surface area (Å²) >= 11 is 0. The van der Waals surface area contributed by atoms with Crippen molar-refractivity contribution in [2.75, 3.05) is 12.1 Å². The lowest BCUT2D eigenvalue weighted by molar-refractivity contribution is -0.564. The molecule has 0 bridgehead atoms. The second-order valence-electron chi connectivity index (χ2n) is 2.91. The number of hydrazine groups is 1. The fraction of sp³-hybridized carbons (Fsp3) is 0.250. The van der Waals surface area contributed by atoms with Gasteiger partial charge in [0, 0.05) is 0 Å². The number of alkyl halides is 3. The van der Waals surface area contributed by atoms with Gasteiger partial charge in [0.1, 0.15) is 5.69 Å². The average Bonchev–Trinajstić information content (AvgIpc) is 2.26. The van der Waals surface area contributed by atoms with Crippen molar-refractivity contribution in [3.63, 3.8) is 0 Å². The predicted molar refractivity (Wildman–Crippen MR) is 47.7 cm³/mol. The van der Waals surface area contributed by atoms with Crippen LogP contribution in [0.2, 0.25) is 0 Å². The predicted octanol–water partition coefficient (Wildman–Crippen LogP) is 2.41. The van der Waals surface area contributed by atoms with Crippen molar-refractivity contribution in [3.8, 4) is 0 Å². The standard InChI is InChI=1S/C8H8F3N3O2/c1-13(14(16)12-15)7-4-2-6(3-5-7)8(9,10)11/h2-5,15H,1H3/b14-12-. The molecule has 0 fully saturated rings. The minimum absolute atomic E-state index is 0.164. The molecule has 88 valence electrons. The summed E-state index contributed by atoms with van der Waals surface area (Å²) in [4.78, 5) is -0.164. The maximum atomic E-state index is 12.2. The molecule has 0 spiro atoms. The SMILES string of the molecule is CN(c1ccc(C(F)(F)F)cc1)/[N+]([O-])=N/O. The first-order valence-electron chi connectivity index (χ1n) is 4.09. The second-order valence-corrected chi connectivity index (χ2v) is 2.91. The number of nitrogens with zero attached hydrogens (tertiary/aromatic N) is 3. The Morgan fingerprint density at radius 1 is 1.31 bits per heavy atom. The van der Waals surface area contributed by atoms with Crippen molar-refractivity contribution < 1.29 is 23.3 Å². The van der Waals surface area contributed by atoms with Gasteiger partial charge < -0.3 is 10.4 Å². The van der Waals surface area contributed by atoms with Crippen LogP contribution in [0.15, 0.2) is 29.5 Å². The highest BCUT2D eigenvalue weighted by molar-refractivity contribution is 5.44. The Labute approximate surface area is 88.5 Å². The molecule has 0 aliphatic carbocycles. The molecule has 0 saturated heterocycles. The van der Waals surface area contributed by atoms with E-state index in [1.165, 1.54) is 7.05 Å². The Balaban J connectivity index is 2.96. The van der Waals surface area contributed by atoms with Crippen molar-refractivity contribution >= 4 is 5.69 Å². The van der Waals surface area contributed by atoms with Crippen LogP contribution in [-0.2, 0) is 6.18 Å². The molecular formula is C8H8F3N3O2. The third kappa shape index (κ3) is 2.53. The minimum Gasteiger partial charge on any atom is -0.569 e. The lowest BCUT2D eigenvalue weighted by atomic mass is 10.2. The molecule has 0 saturated carbocycles. The van der Waals surface area contributed by atoms with E-state index in [4.69, 9.17) is 5.21 Å². The van der Waals surface area contributed by atoms with Crippen LogP contribution >= 0.6 is 0 Å². The van der Waals surface area contributed by atoms with Gasteiger partial charge >= 0.3 is 6.18 Å². The summed E-state index contributed by atoms with van der Waals surface area (Å²) in [5.41, 5.74) is -0.649. The molecule has 0 radical (unpaired) electrons. The first kappa shape index (κ1) is 12.1. The Hall–Kier alpha value is -1.99. The molecule has 0 atom stereocenters. The average molecular weight is 235 g/mol. The molecule has 0 unspecified atom stereocenters. The molecule has 5 nitrogen and oxygen atoms in total. The van der Waals surface area contributed by atoms with Gasteiger partial charge in [0.2, 0.25) is 5.28 Å². The molecule has 8 heteroatoms. The molecule has 0 heterocycles. The zero-order chi connectivity index (χ0) is 12.3. The third-order valence-corrected chi connectivity index (χ3v) is 1.90. The summed E-state index contributed by atoms with van der Waals surface area (Å²) in [5, 5.41) is 22.1. The van der Waals surface area contributed by atoms with E-state index >= 15 is 0 Å². The van der Waals surface area contributed by atoms with E-state index in [2.05, 4.69) is 5.28 Å². The number of halogens is 3. The van der Waals surface area contributed by atoms with Crippen LogP contribution in [-0.4, -0.2) is 17.2 Å². The van der Waals surface area contributed by atoms with Crippen molar-refractivity contribution in [3.05, 3.63) is 35.0 Å². The van der Waals surface area contributed by atoms with E-state index < -0.39 is 11.7 Å². The normalized spacial score (nSPS) is 12.6. The fourth-order valence-electron chi connectivity index (χ4n) is 1.02. The number of hydrogen-bond acceptors (Lipinski definition) is 2. The maximum Gasteiger partial charge on any atom is 0.416 e. The van der Waals surface area contributed by atoms with Crippen LogP contribution in [0.3, 0.4) is 0 Å². The topological polar surface area (TPSA) is 61.9 Å². The van der Waals surface area contributed by atoms with Crippen LogP contribution < -0.4 is 5.01 Å². The van der Waals surface area contributed by atoms with Gasteiger partial charge in [-0.2, -0.15) is 13.2 Å². The summed E-state index contributed by atoms with van der Waals surface area (Å²) < 4.78 is 36.6. The van der Waals surface area contributed by atoms with Crippen LogP contribution in [0.1, 0.15) is 5.56 Å². The smallest absolute Gasteiger partial charge is 0.416 e. The van der Waals surface area contributed by atoms with E-state index in [0.29, 0.717) is 0 Å². The van der Waals surface area contributed by atoms with Crippen molar-refractivity contribution in [2.24, 2.45) is 5.28 Å². The molecule has 0 amide bonds. The van der Waals surface area contributed by atoms with Crippen LogP contribution in [0.25, 0.3) is 0 Å². The largest absolute Gasteiger partial charge is 0.569 e. The summed E-state index contributed by atoms with van der Waals surface area (Å²) in [6, 6.07) is 3.85. The van der Waals surface area contributed by atoms with Gasteiger partial charge in [0.25, 0.3) is 0 Å². The van der Waals surface area contributed by atoms with Gasteiger partial charge in [-0.05, 0) is 24.3 Å². The molecule has 16 heavy (non-hydrogen) atoms. The summed E-state index contributed by atoms with van der Waals surface area (Å²) in [6.45, 7) is 0. The van der Waals surface area contributed by atoms with Crippen molar-refractivity contribution in [2.45, 2.75) is 6.18 Å². The maximum absolute atomic E-state index is 12.2. The summed E-state index contributed by atoms with van der Waals surface area (Å²) in [7, 11) is 1.25. The monoisotopic (exact) mass is 235 g/mol. The third-order valence-electron chi connectivity index (χ3n) is 1.90. The van der Waals surface area contributed by atoms with E-state index in [0.717, 1.165) is 29.3 Å². The van der Waals surface area contributed by atoms with E-state index in [-0.39, 0.29) is 10.7 Å². The second kappa shape index (κ2) is 4.25. The van der Waals surface area contributed by atoms with E-state index in [1.54, 1.807) is 0 Å². The molecule has 1 N–H and O–H groups in total. The van der Waals surface area contributed by atoms with E-state index in [9.17, 15) is 18.4 Å². The van der Waals surface area contributed by atoms with Crippen LogP contribution in [0, 0.1) is 5.21 Å². The Morgan fingerprint density at radius 2 is 1.81 bits per heavy atom. The zero-order valence-corrected chi connectivity index (χ0v) is 8.14. The molecular weight excluding hydrogens is 227 g/mol. The van der Waals surface area contributed by atoms with Crippen molar-refractivity contribution in [1.29, 1.82) is 0 Å². The van der Waals surface area contributed by atoms with Gasteiger partial charge in [0.05, 0.1) is 17.6 Å². The molecule has 1 rings (SSSR count). The van der Waals surface area contributed by atoms with Gasteiger partial charge in [0.15, 0.2) is 0 Å². The number of benzene rings is 1. The fourth-order valence-corrected chi connectivity index (χ4v) is 1.02. The quantitative estimate of drug-likeness (QED) is 0.486. The number of anilines is 1. The molecule has 0 aromatic heterocycles. The lowest BCUT2D eigenvalue weighted by Gasteiger charge is -2.13. The summed E-state index contributed by atoms with van der Waals surface area (Å²) in [6.07, 6.45) is -4.42. The Bertz CT molecular complexity index is 389. The minimum atomic E-state index is -4.42. The highest BCUT2D eigenvalue weighted by atomic mass is 19.4. The van der Waals surface area contributed by atoms with E-state index in [1.807, 2.05) is 0 Å². The lowest BCUT2D eigenvalue weighted by Crippen LogP contribution is -2.25. The molecule has 0 aliphatic rings. The Morgan fingerprint density at radius 3 is 2.19 bits per heavy atom. The molecule has 1 aromatic carbocycles. The summed E-state index contributed by atoms with van der Waals surface area (Å²) in [5.74, 6) is 0. The number of hydrogen-bond donors (Lipinski definition) is 1. The van der Waals surface area contributed by atoms with Crippen molar-refractivity contribution in [1.82, 2.24) is 0 Å². The zero-order valence-electron chi connectivity index (χ0n) is 8.14. The van der Waals surface area contributed by atoms with Gasteiger partial charge in [-0.15, -0.1) is 5.01 Å². The van der Waals surface area contributed by atoms with Crippen LogP contribution in [0.4, 0.5) is 18.9 Å². The van der Waals surface area contributed by atoms with Gasteiger partial charge in [-0.3, -0.25) is 0 Å². The highest BCUT2D eigenvalue weighted by Gasteiger charge is 2.30. The highest BCUT2D eigenvalue weighted by Crippen LogP contribution is 2.30. The van der Waals surface area contributed by atoms with Gasteiger partial charge in [-0.1, -0.05) is 0 Å². The first-order valence-corrected chi connectivity index (χ1v) is 4.09. The molecule has 1 aromatic rings. The molecule has 0 aliphatic heterocycles. The number of rotatable bonds is 2. The first-order chi connectivity index (χ1) is 7.36. The van der Waals surface area contributed by atoms with Crippen LogP contribution in [0.5, 0.6) is 0 Å².